The van der Waals surface area contributed by atoms with Gasteiger partial charge in [0.1, 0.15) is 11.6 Å². The number of amides is 1. The summed E-state index contributed by atoms with van der Waals surface area (Å²) in [7, 11) is 0. The van der Waals surface area contributed by atoms with Crippen molar-refractivity contribution >= 4 is 27.7 Å². The van der Waals surface area contributed by atoms with E-state index in [0.29, 0.717) is 31.1 Å². The van der Waals surface area contributed by atoms with Crippen molar-refractivity contribution in [2.24, 2.45) is 0 Å². The van der Waals surface area contributed by atoms with E-state index >= 15 is 0 Å². The van der Waals surface area contributed by atoms with Crippen LogP contribution in [0.15, 0.2) is 47.1 Å². The molecule has 0 radical (unpaired) electrons. The fourth-order valence-corrected chi connectivity index (χ4v) is 2.36. The van der Waals surface area contributed by atoms with Crippen molar-refractivity contribution in [3.8, 4) is 5.75 Å². The van der Waals surface area contributed by atoms with Gasteiger partial charge in [0.2, 0.25) is 0 Å². The monoisotopic (exact) mass is 445 g/mol. The molecule has 1 amide bonds. The van der Waals surface area contributed by atoms with Crippen LogP contribution in [0.25, 0.3) is 0 Å². The van der Waals surface area contributed by atoms with E-state index in [1.807, 2.05) is 12.1 Å². The Morgan fingerprint density at radius 1 is 1.19 bits per heavy atom. The van der Waals surface area contributed by atoms with Crippen LogP contribution in [0.5, 0.6) is 5.75 Å². The van der Waals surface area contributed by atoms with Crippen molar-refractivity contribution in [2.45, 2.75) is 25.6 Å². The second-order valence-electron chi connectivity index (χ2n) is 5.72. The zero-order valence-corrected chi connectivity index (χ0v) is 16.1. The number of carbonyl (C=O) groups is 1. The molecule has 2 rings (SSSR count). The van der Waals surface area contributed by atoms with Crippen molar-refractivity contribution in [1.82, 2.24) is 10.3 Å². The highest BCUT2D eigenvalue weighted by molar-refractivity contribution is 9.10. The third-order valence-corrected chi connectivity index (χ3v) is 4.07. The van der Waals surface area contributed by atoms with Crippen LogP contribution in [0.2, 0.25) is 0 Å². The normalized spacial score (nSPS) is 12.3. The first-order chi connectivity index (χ1) is 12.8. The first-order valence-corrected chi connectivity index (χ1v) is 9.02. The van der Waals surface area contributed by atoms with Gasteiger partial charge in [-0.3, -0.25) is 4.79 Å². The molecular formula is C18H19BrF3N3O2. The number of aromatic nitrogens is 1. The molecule has 0 aliphatic heterocycles. The predicted octanol–water partition coefficient (Wildman–Crippen LogP) is 4.25. The number of nitrogens with one attached hydrogen (secondary N) is 2. The minimum atomic E-state index is -4.40. The molecule has 0 fully saturated rings. The Balaban J connectivity index is 1.65. The van der Waals surface area contributed by atoms with Crippen molar-refractivity contribution in [2.75, 3.05) is 18.4 Å². The molecule has 1 aromatic heterocycles. The molecule has 27 heavy (non-hydrogen) atoms. The molecule has 0 saturated heterocycles. The van der Waals surface area contributed by atoms with E-state index in [2.05, 4.69) is 31.5 Å². The van der Waals surface area contributed by atoms with Gasteiger partial charge in [0.15, 0.2) is 6.10 Å². The van der Waals surface area contributed by atoms with Gasteiger partial charge in [0.25, 0.3) is 5.91 Å². The van der Waals surface area contributed by atoms with Gasteiger partial charge >= 0.3 is 6.18 Å². The molecule has 1 unspecified atom stereocenters. The van der Waals surface area contributed by atoms with E-state index in [9.17, 15) is 18.0 Å². The number of pyridine rings is 1. The summed E-state index contributed by atoms with van der Waals surface area (Å²) < 4.78 is 43.8. The Hall–Kier alpha value is -2.29. The van der Waals surface area contributed by atoms with Crippen molar-refractivity contribution in [1.29, 1.82) is 0 Å². The first-order valence-electron chi connectivity index (χ1n) is 8.23. The minimum Gasteiger partial charge on any atom is -0.481 e. The summed E-state index contributed by atoms with van der Waals surface area (Å²) in [5, 5.41) is 5.65. The first kappa shape index (κ1) is 21.0. The summed E-state index contributed by atoms with van der Waals surface area (Å²) in [5.74, 6) is 0.697. The summed E-state index contributed by atoms with van der Waals surface area (Å²) >= 11 is 3.32. The zero-order chi connectivity index (χ0) is 19.9. The second-order valence-corrected chi connectivity index (χ2v) is 6.63. The lowest BCUT2D eigenvalue weighted by molar-refractivity contribution is -0.137. The number of alkyl halides is 3. The number of halogens is 4. The summed E-state index contributed by atoms with van der Waals surface area (Å²) in [6.07, 6.45) is -3.68. The number of hydrogen-bond acceptors (Lipinski definition) is 4. The van der Waals surface area contributed by atoms with Crippen LogP contribution in [0.1, 0.15) is 18.9 Å². The smallest absolute Gasteiger partial charge is 0.417 e. The fourth-order valence-electron chi connectivity index (χ4n) is 2.10. The Labute approximate surface area is 163 Å². The quantitative estimate of drug-likeness (QED) is 0.596. The van der Waals surface area contributed by atoms with E-state index in [4.69, 9.17) is 4.74 Å². The molecule has 9 heteroatoms. The predicted molar refractivity (Wildman–Crippen MR) is 99.6 cm³/mol. The highest BCUT2D eigenvalue weighted by Gasteiger charge is 2.30. The van der Waals surface area contributed by atoms with Gasteiger partial charge in [-0.1, -0.05) is 15.9 Å². The second kappa shape index (κ2) is 9.59. The van der Waals surface area contributed by atoms with Crippen LogP contribution >= 0.6 is 15.9 Å². The zero-order valence-electron chi connectivity index (χ0n) is 14.5. The SMILES string of the molecule is CC(Oc1ccc(Br)cc1)C(=O)NCCCNc1ccc(C(F)(F)F)cn1. The Kier molecular flexibility index (Phi) is 7.46. The molecule has 0 saturated carbocycles. The summed E-state index contributed by atoms with van der Waals surface area (Å²) in [4.78, 5) is 15.7. The Morgan fingerprint density at radius 3 is 2.48 bits per heavy atom. The topological polar surface area (TPSA) is 63.2 Å². The fraction of sp³-hybridized carbons (Fsp3) is 0.333. The molecule has 146 valence electrons. The molecule has 0 bridgehead atoms. The highest BCUT2D eigenvalue weighted by Crippen LogP contribution is 2.28. The van der Waals surface area contributed by atoms with E-state index in [-0.39, 0.29) is 5.91 Å². The maximum absolute atomic E-state index is 12.5. The number of ether oxygens (including phenoxy) is 1. The van der Waals surface area contributed by atoms with E-state index in [0.717, 1.165) is 16.7 Å². The molecule has 1 heterocycles. The summed E-state index contributed by atoms with van der Waals surface area (Å²) in [6, 6.07) is 9.40. The minimum absolute atomic E-state index is 0.245. The maximum atomic E-state index is 12.5. The molecule has 0 spiro atoms. The number of hydrogen-bond donors (Lipinski definition) is 2. The van der Waals surface area contributed by atoms with Gasteiger partial charge < -0.3 is 15.4 Å². The van der Waals surface area contributed by atoms with Crippen LogP contribution in [0, 0.1) is 0 Å². The Morgan fingerprint density at radius 2 is 1.89 bits per heavy atom. The van der Waals surface area contributed by atoms with E-state index in [1.165, 1.54) is 6.07 Å². The van der Waals surface area contributed by atoms with Crippen LogP contribution in [-0.2, 0) is 11.0 Å². The number of carbonyl (C=O) groups excluding carboxylic acids is 1. The van der Waals surface area contributed by atoms with Crippen molar-refractivity contribution in [3.63, 3.8) is 0 Å². The van der Waals surface area contributed by atoms with Crippen LogP contribution in [-0.4, -0.2) is 30.1 Å². The third-order valence-electron chi connectivity index (χ3n) is 3.55. The molecule has 0 aliphatic carbocycles. The lowest BCUT2D eigenvalue weighted by Gasteiger charge is -2.15. The Bertz CT molecular complexity index is 737. The van der Waals surface area contributed by atoms with Crippen molar-refractivity contribution < 1.29 is 22.7 Å². The lowest BCUT2D eigenvalue weighted by Crippen LogP contribution is -2.37. The average molecular weight is 446 g/mol. The largest absolute Gasteiger partial charge is 0.481 e. The average Bonchev–Trinajstić information content (AvgIpc) is 2.62. The van der Waals surface area contributed by atoms with Gasteiger partial charge in [-0.2, -0.15) is 13.2 Å². The van der Waals surface area contributed by atoms with Gasteiger partial charge in [0, 0.05) is 23.8 Å². The molecule has 5 nitrogen and oxygen atoms in total. The van der Waals surface area contributed by atoms with Gasteiger partial charge in [-0.15, -0.1) is 0 Å². The number of nitrogens with zero attached hydrogens (tertiary/aromatic N) is 1. The van der Waals surface area contributed by atoms with Crippen molar-refractivity contribution in [3.05, 3.63) is 52.6 Å². The maximum Gasteiger partial charge on any atom is 0.417 e. The lowest BCUT2D eigenvalue weighted by atomic mass is 10.3. The van der Waals surface area contributed by atoms with Crippen LogP contribution < -0.4 is 15.4 Å². The summed E-state index contributed by atoms with van der Waals surface area (Å²) in [6.45, 7) is 2.52. The van der Waals surface area contributed by atoms with Crippen LogP contribution in [0.4, 0.5) is 19.0 Å². The van der Waals surface area contributed by atoms with E-state index in [1.54, 1.807) is 19.1 Å². The highest BCUT2D eigenvalue weighted by atomic mass is 79.9. The standard InChI is InChI=1S/C18H19BrF3N3O2/c1-12(27-15-6-4-14(19)5-7-15)17(26)24-10-2-9-23-16-8-3-13(11-25-16)18(20,21)22/h3-8,11-12H,2,9-10H2,1H3,(H,23,25)(H,24,26). The molecule has 2 aromatic rings. The molecule has 2 N–H and O–H groups in total. The van der Waals surface area contributed by atoms with Crippen LogP contribution in [0.3, 0.4) is 0 Å². The van der Waals surface area contributed by atoms with Gasteiger partial charge in [-0.05, 0) is 49.7 Å². The molecule has 0 aliphatic rings. The van der Waals surface area contributed by atoms with Gasteiger partial charge in [0.05, 0.1) is 5.56 Å². The molecule has 1 aromatic carbocycles. The molecular weight excluding hydrogens is 427 g/mol. The number of benzene rings is 1. The van der Waals surface area contributed by atoms with E-state index < -0.39 is 17.8 Å². The van der Waals surface area contributed by atoms with Gasteiger partial charge in [-0.25, -0.2) is 4.98 Å². The number of anilines is 1. The molecule has 1 atom stereocenters. The third kappa shape index (κ3) is 7.09. The number of rotatable bonds is 8. The summed E-state index contributed by atoms with van der Waals surface area (Å²) in [5.41, 5.74) is -0.792.